The fourth-order valence-electron chi connectivity index (χ4n) is 4.58. The van der Waals surface area contributed by atoms with Gasteiger partial charge >= 0.3 is 0 Å². The molecule has 8 heteroatoms. The highest BCUT2D eigenvalue weighted by Crippen LogP contribution is 2.43. The van der Waals surface area contributed by atoms with Crippen molar-refractivity contribution in [3.05, 3.63) is 46.3 Å². The van der Waals surface area contributed by atoms with Crippen molar-refractivity contribution in [3.63, 3.8) is 0 Å². The molecule has 0 bridgehead atoms. The molecule has 0 aliphatic heterocycles. The topological polar surface area (TPSA) is 97.1 Å². The fraction of sp³-hybridized carbons (Fsp3) is 0.478. The maximum absolute atomic E-state index is 12.5. The van der Waals surface area contributed by atoms with Crippen LogP contribution in [0.5, 0.6) is 0 Å². The summed E-state index contributed by atoms with van der Waals surface area (Å²) in [5.41, 5.74) is 1.52. The third-order valence-corrected chi connectivity index (χ3v) is 7.61. The molecule has 0 aromatic carbocycles. The second-order valence-electron chi connectivity index (χ2n) is 8.60. The van der Waals surface area contributed by atoms with Crippen molar-refractivity contribution in [2.45, 2.75) is 50.4 Å². The molecule has 0 saturated heterocycles. The van der Waals surface area contributed by atoms with Crippen LogP contribution in [-0.4, -0.2) is 35.5 Å². The van der Waals surface area contributed by atoms with E-state index in [1.165, 1.54) is 11.3 Å². The van der Waals surface area contributed by atoms with Gasteiger partial charge in [0.2, 0.25) is 0 Å². The first-order valence-electron chi connectivity index (χ1n) is 11.0. The van der Waals surface area contributed by atoms with Crippen molar-refractivity contribution >= 4 is 33.4 Å². The van der Waals surface area contributed by atoms with E-state index in [0.29, 0.717) is 30.0 Å². The SMILES string of the molecule is CNC(=O)c1sc2ncccc2c1C1CCC(CNC(=O)c2cc(C3CC3)on2)CC1. The number of aromatic nitrogens is 2. The number of rotatable bonds is 6. The van der Waals surface area contributed by atoms with Crippen molar-refractivity contribution in [2.75, 3.05) is 13.6 Å². The number of fused-ring (bicyclic) bond motifs is 1. The summed E-state index contributed by atoms with van der Waals surface area (Å²) in [6.07, 6.45) is 8.05. The molecule has 162 valence electrons. The van der Waals surface area contributed by atoms with Crippen molar-refractivity contribution in [1.29, 1.82) is 0 Å². The van der Waals surface area contributed by atoms with Crippen LogP contribution >= 0.6 is 11.3 Å². The Balaban J connectivity index is 1.21. The van der Waals surface area contributed by atoms with Gasteiger partial charge in [0.15, 0.2) is 5.69 Å². The molecule has 0 spiro atoms. The van der Waals surface area contributed by atoms with Crippen LogP contribution < -0.4 is 10.6 Å². The van der Waals surface area contributed by atoms with Gasteiger partial charge in [-0.1, -0.05) is 11.2 Å². The van der Waals surface area contributed by atoms with Crippen LogP contribution in [0, 0.1) is 5.92 Å². The molecule has 2 N–H and O–H groups in total. The largest absolute Gasteiger partial charge is 0.360 e. The third kappa shape index (κ3) is 4.08. The number of thiophene rings is 1. The second kappa shape index (κ2) is 8.42. The molecule has 2 fully saturated rings. The lowest BCUT2D eigenvalue weighted by atomic mass is 9.78. The second-order valence-corrected chi connectivity index (χ2v) is 9.60. The summed E-state index contributed by atoms with van der Waals surface area (Å²) in [5, 5.41) is 10.8. The average Bonchev–Trinajstić information content (AvgIpc) is 3.40. The van der Waals surface area contributed by atoms with Crippen molar-refractivity contribution in [3.8, 4) is 0 Å². The van der Waals surface area contributed by atoms with Crippen LogP contribution in [0.4, 0.5) is 0 Å². The number of pyridine rings is 1. The zero-order valence-electron chi connectivity index (χ0n) is 17.5. The Morgan fingerprint density at radius 2 is 1.90 bits per heavy atom. The van der Waals surface area contributed by atoms with E-state index >= 15 is 0 Å². The van der Waals surface area contributed by atoms with Gasteiger partial charge in [-0.3, -0.25) is 9.59 Å². The summed E-state index contributed by atoms with van der Waals surface area (Å²) in [6, 6.07) is 5.78. The molecule has 0 unspecified atom stereocenters. The molecule has 2 aliphatic rings. The van der Waals surface area contributed by atoms with E-state index in [4.69, 9.17) is 4.52 Å². The third-order valence-electron chi connectivity index (χ3n) is 6.49. The van der Waals surface area contributed by atoms with E-state index < -0.39 is 0 Å². The van der Waals surface area contributed by atoms with Crippen molar-refractivity contribution in [2.24, 2.45) is 5.92 Å². The van der Waals surface area contributed by atoms with Crippen LogP contribution in [0.3, 0.4) is 0 Å². The Bertz CT molecular complexity index is 1110. The molecule has 2 aliphatic carbocycles. The Kier molecular flexibility index (Phi) is 5.48. The predicted molar refractivity (Wildman–Crippen MR) is 119 cm³/mol. The molecule has 5 rings (SSSR count). The summed E-state index contributed by atoms with van der Waals surface area (Å²) in [5.74, 6) is 1.86. The maximum Gasteiger partial charge on any atom is 0.273 e. The van der Waals surface area contributed by atoms with Gasteiger partial charge in [0.05, 0.1) is 4.88 Å². The van der Waals surface area contributed by atoms with Gasteiger partial charge in [0, 0.05) is 37.2 Å². The van der Waals surface area contributed by atoms with Crippen LogP contribution in [-0.2, 0) is 0 Å². The predicted octanol–water partition coefficient (Wildman–Crippen LogP) is 4.23. The number of carbonyl (C=O) groups excluding carboxylic acids is 2. The van der Waals surface area contributed by atoms with Crippen LogP contribution in [0.1, 0.15) is 81.8 Å². The molecule has 3 aromatic heterocycles. The van der Waals surface area contributed by atoms with Gasteiger partial charge in [0.1, 0.15) is 10.6 Å². The number of carbonyl (C=O) groups is 2. The van der Waals surface area contributed by atoms with Gasteiger partial charge in [-0.15, -0.1) is 11.3 Å². The average molecular weight is 439 g/mol. The number of hydrogen-bond acceptors (Lipinski definition) is 6. The molecular formula is C23H26N4O3S. The molecular weight excluding hydrogens is 412 g/mol. The lowest BCUT2D eigenvalue weighted by Crippen LogP contribution is -2.31. The van der Waals surface area contributed by atoms with Crippen LogP contribution in [0.2, 0.25) is 0 Å². The zero-order valence-corrected chi connectivity index (χ0v) is 18.3. The molecule has 3 aromatic rings. The van der Waals surface area contributed by atoms with E-state index in [0.717, 1.165) is 64.9 Å². The smallest absolute Gasteiger partial charge is 0.273 e. The van der Waals surface area contributed by atoms with Gasteiger partial charge in [-0.25, -0.2) is 4.98 Å². The van der Waals surface area contributed by atoms with Crippen LogP contribution in [0.15, 0.2) is 28.9 Å². The Morgan fingerprint density at radius 3 is 2.65 bits per heavy atom. The molecule has 31 heavy (non-hydrogen) atoms. The highest BCUT2D eigenvalue weighted by Gasteiger charge is 2.31. The molecule has 2 amide bonds. The van der Waals surface area contributed by atoms with Crippen LogP contribution in [0.25, 0.3) is 10.2 Å². The molecule has 2 saturated carbocycles. The normalized spacial score (nSPS) is 21.2. The van der Waals surface area contributed by atoms with E-state index in [-0.39, 0.29) is 11.8 Å². The van der Waals surface area contributed by atoms with E-state index in [9.17, 15) is 9.59 Å². The number of hydrogen-bond donors (Lipinski definition) is 2. The summed E-state index contributed by atoms with van der Waals surface area (Å²) in [7, 11) is 1.67. The van der Waals surface area contributed by atoms with Gasteiger partial charge in [-0.05, 0) is 62.0 Å². The monoisotopic (exact) mass is 438 g/mol. The summed E-state index contributed by atoms with van der Waals surface area (Å²) < 4.78 is 5.28. The lowest BCUT2D eigenvalue weighted by Gasteiger charge is -2.29. The molecule has 0 atom stereocenters. The summed E-state index contributed by atoms with van der Waals surface area (Å²) >= 11 is 1.48. The maximum atomic E-state index is 12.5. The van der Waals surface area contributed by atoms with Crippen molar-refractivity contribution < 1.29 is 14.1 Å². The van der Waals surface area contributed by atoms with Crippen molar-refractivity contribution in [1.82, 2.24) is 20.8 Å². The molecule has 0 radical (unpaired) electrons. The number of amides is 2. The van der Waals surface area contributed by atoms with Gasteiger partial charge < -0.3 is 15.2 Å². The number of nitrogens with zero attached hydrogens (tertiary/aromatic N) is 2. The fourth-order valence-corrected chi connectivity index (χ4v) is 5.75. The first kappa shape index (κ1) is 20.2. The first-order chi connectivity index (χ1) is 15.1. The Hall–Kier alpha value is -2.74. The minimum atomic E-state index is -0.158. The van der Waals surface area contributed by atoms with E-state index in [2.05, 4.69) is 26.8 Å². The molecule has 3 heterocycles. The Morgan fingerprint density at radius 1 is 1.13 bits per heavy atom. The summed E-state index contributed by atoms with van der Waals surface area (Å²) in [6.45, 7) is 0.644. The Labute approximate surface area is 184 Å². The van der Waals surface area contributed by atoms with Gasteiger partial charge in [0.25, 0.3) is 11.8 Å². The standard InChI is InChI=1S/C23H26N4O3S/c1-24-22(29)20-19(16-3-2-10-25-23(16)31-20)15-6-4-13(5-7-15)12-26-21(28)17-11-18(30-27-17)14-8-9-14/h2-3,10-11,13-15H,4-9,12H2,1H3,(H,24,29)(H,26,28). The highest BCUT2D eigenvalue weighted by molar-refractivity contribution is 7.20. The van der Waals surface area contributed by atoms with E-state index in [1.54, 1.807) is 19.3 Å². The lowest BCUT2D eigenvalue weighted by molar-refractivity contribution is 0.0930. The van der Waals surface area contributed by atoms with Gasteiger partial charge in [-0.2, -0.15) is 0 Å². The minimum Gasteiger partial charge on any atom is -0.360 e. The first-order valence-corrected chi connectivity index (χ1v) is 11.8. The minimum absolute atomic E-state index is 0.0365. The zero-order chi connectivity index (χ0) is 21.4. The molecule has 7 nitrogen and oxygen atoms in total. The highest BCUT2D eigenvalue weighted by atomic mass is 32.1. The summed E-state index contributed by atoms with van der Waals surface area (Å²) in [4.78, 5) is 31.1. The number of nitrogens with one attached hydrogen (secondary N) is 2. The van der Waals surface area contributed by atoms with E-state index in [1.807, 2.05) is 6.07 Å². The quantitative estimate of drug-likeness (QED) is 0.600.